The highest BCUT2D eigenvalue weighted by Gasteiger charge is 2.22. The zero-order valence-electron chi connectivity index (χ0n) is 27.8. The number of hydrogen-bond donors (Lipinski definition) is 4. The molecule has 1 amide bonds. The summed E-state index contributed by atoms with van der Waals surface area (Å²) in [6.07, 6.45) is 0.831. The van der Waals surface area contributed by atoms with E-state index in [0.29, 0.717) is 24.4 Å². The first-order valence-corrected chi connectivity index (χ1v) is 16.3. The van der Waals surface area contributed by atoms with E-state index in [1.807, 2.05) is 55.5 Å². The van der Waals surface area contributed by atoms with E-state index in [1.165, 1.54) is 0 Å². The van der Waals surface area contributed by atoms with E-state index in [1.54, 1.807) is 4.57 Å². The summed E-state index contributed by atoms with van der Waals surface area (Å²) in [7, 11) is 0. The Labute approximate surface area is 297 Å². The van der Waals surface area contributed by atoms with E-state index < -0.39 is 34.9 Å². The summed E-state index contributed by atoms with van der Waals surface area (Å²) >= 11 is 6.48. The third kappa shape index (κ3) is 12.9. The van der Waals surface area contributed by atoms with Crippen molar-refractivity contribution in [2.75, 3.05) is 26.4 Å². The number of amidine groups is 1. The summed E-state index contributed by atoms with van der Waals surface area (Å²) in [5, 5.41) is 25.3. The average molecular weight is 734 g/mol. The number of ether oxygens (including phenoxy) is 2. The van der Waals surface area contributed by atoms with E-state index in [9.17, 15) is 29.8 Å². The minimum Gasteiger partial charge on any atom is -0.434 e. The van der Waals surface area contributed by atoms with Crippen LogP contribution in [0.15, 0.2) is 53.6 Å². The van der Waals surface area contributed by atoms with E-state index in [2.05, 4.69) is 30.6 Å². The minimum absolute atomic E-state index is 0.0450. The van der Waals surface area contributed by atoms with Crippen LogP contribution < -0.4 is 22.4 Å². The molecule has 1 aromatic heterocycles. The van der Waals surface area contributed by atoms with Gasteiger partial charge in [-0.05, 0) is 42.4 Å². The third-order valence-corrected chi connectivity index (χ3v) is 7.58. The molecular formula is C31H40ClN9O10. The number of amides is 1. The number of aromatic nitrogens is 2. The molecule has 19 nitrogen and oxygen atoms in total. The topological polar surface area (TPSA) is 264 Å². The van der Waals surface area contributed by atoms with Gasteiger partial charge in [0.1, 0.15) is 30.8 Å². The second-order valence-electron chi connectivity index (χ2n) is 10.9. The van der Waals surface area contributed by atoms with Gasteiger partial charge < -0.3 is 34.8 Å². The Balaban J connectivity index is 1.55. The molecule has 0 saturated heterocycles. The van der Waals surface area contributed by atoms with Gasteiger partial charge in [0.05, 0.1) is 13.2 Å². The molecule has 6 N–H and O–H groups in total. The van der Waals surface area contributed by atoms with Crippen LogP contribution in [0, 0.1) is 20.2 Å². The van der Waals surface area contributed by atoms with Crippen LogP contribution in [0.25, 0.3) is 11.1 Å². The zero-order chi connectivity index (χ0) is 37.2. The van der Waals surface area contributed by atoms with Crippen molar-refractivity contribution in [2.45, 2.75) is 58.1 Å². The van der Waals surface area contributed by atoms with Crippen LogP contribution in [-0.4, -0.2) is 70.1 Å². The second kappa shape index (κ2) is 20.7. The van der Waals surface area contributed by atoms with Crippen LogP contribution in [0.4, 0.5) is 4.79 Å². The number of nitrogens with zero attached hydrogens (tertiary/aromatic N) is 5. The van der Waals surface area contributed by atoms with Crippen molar-refractivity contribution in [3.63, 3.8) is 0 Å². The lowest BCUT2D eigenvalue weighted by Gasteiger charge is -2.14. The monoisotopic (exact) mass is 733 g/mol. The summed E-state index contributed by atoms with van der Waals surface area (Å²) in [5.74, 6) is 5.69. The molecule has 3 rings (SSSR count). The van der Waals surface area contributed by atoms with Crippen LogP contribution in [0.1, 0.15) is 66.5 Å². The highest BCUT2D eigenvalue weighted by molar-refractivity contribution is 6.32. The standard InChI is InChI=1S/C31H40ClN9O10/c1-2-3-11-26-36-28(32)27(39(26)19-21-12-14-22(15-13-21)24-9-4-5-10-25(24)29(33)37-38-34)30(42)35-16-18-49-31(43)48-17-7-6-8-23(51-41(46)47)20-50-40(44)45/h4-5,9-10,12-15,23,38H,2-3,6-8,11,16-20,34H2,1H3,(H2,33,37)(H,35,42). The lowest BCUT2D eigenvalue weighted by atomic mass is 9.98. The van der Waals surface area contributed by atoms with Crippen molar-refractivity contribution >= 4 is 29.5 Å². The maximum absolute atomic E-state index is 13.3. The van der Waals surface area contributed by atoms with Gasteiger partial charge >= 0.3 is 6.16 Å². The molecule has 51 heavy (non-hydrogen) atoms. The largest absolute Gasteiger partial charge is 0.508 e. The molecule has 0 fully saturated rings. The molecule has 1 atom stereocenters. The molecule has 0 spiro atoms. The number of nitrogens with one attached hydrogen (secondary N) is 2. The van der Waals surface area contributed by atoms with Gasteiger partial charge in [-0.15, -0.1) is 25.3 Å². The average Bonchev–Trinajstić information content (AvgIpc) is 3.41. The first kappa shape index (κ1) is 39.7. The van der Waals surface area contributed by atoms with Gasteiger partial charge in [0.2, 0.25) is 0 Å². The number of hydrogen-bond acceptors (Lipinski definition) is 14. The molecule has 2 aromatic carbocycles. The number of halogens is 1. The van der Waals surface area contributed by atoms with Crippen molar-refractivity contribution < 1.29 is 38.9 Å². The van der Waals surface area contributed by atoms with E-state index in [4.69, 9.17) is 32.7 Å². The molecule has 0 bridgehead atoms. The quantitative estimate of drug-likeness (QED) is 0.0219. The fraction of sp³-hybridized carbons (Fsp3) is 0.419. The van der Waals surface area contributed by atoms with E-state index in [0.717, 1.165) is 29.5 Å². The zero-order valence-corrected chi connectivity index (χ0v) is 28.6. The van der Waals surface area contributed by atoms with Crippen LogP contribution in [0.3, 0.4) is 0 Å². The number of imidazole rings is 1. The fourth-order valence-corrected chi connectivity index (χ4v) is 5.21. The Morgan fingerprint density at radius 3 is 2.45 bits per heavy atom. The Kier molecular flexibility index (Phi) is 16.2. The van der Waals surface area contributed by atoms with Crippen molar-refractivity contribution in [1.82, 2.24) is 20.4 Å². The van der Waals surface area contributed by atoms with Crippen LogP contribution in [-0.2, 0) is 32.1 Å². The molecule has 1 unspecified atom stereocenters. The van der Waals surface area contributed by atoms with Crippen LogP contribution in [0.2, 0.25) is 5.15 Å². The Morgan fingerprint density at radius 2 is 1.76 bits per heavy atom. The first-order chi connectivity index (χ1) is 24.5. The van der Waals surface area contributed by atoms with Gasteiger partial charge in [0, 0.05) is 18.5 Å². The van der Waals surface area contributed by atoms with Gasteiger partial charge in [-0.3, -0.25) is 4.79 Å². The molecule has 20 heteroatoms. The molecule has 0 aliphatic heterocycles. The molecule has 0 aliphatic carbocycles. The van der Waals surface area contributed by atoms with Gasteiger partial charge in [0.25, 0.3) is 16.1 Å². The fourth-order valence-electron chi connectivity index (χ4n) is 4.93. The van der Waals surface area contributed by atoms with E-state index in [-0.39, 0.29) is 55.7 Å². The van der Waals surface area contributed by atoms with Gasteiger partial charge in [-0.1, -0.05) is 73.5 Å². The number of aryl methyl sites for hydroxylation is 1. The SMILES string of the molecule is CCCCc1nc(Cl)c(C(=O)NCCOC(=O)OCCCCC(CO[N+](=O)[O-])O[N+](=O)[O-])n1Cc1ccc(-c2ccccc2/C(N)=N/NN)cc1. The maximum Gasteiger partial charge on any atom is 0.508 e. The number of hydrazone groups is 1. The molecule has 0 saturated carbocycles. The lowest BCUT2D eigenvalue weighted by Crippen LogP contribution is -2.30. The van der Waals surface area contributed by atoms with Gasteiger partial charge in [-0.25, -0.2) is 21.2 Å². The summed E-state index contributed by atoms with van der Waals surface area (Å²) in [5.41, 5.74) is 11.8. The molecule has 0 aliphatic rings. The van der Waals surface area contributed by atoms with Crippen molar-refractivity contribution in [2.24, 2.45) is 16.7 Å². The van der Waals surface area contributed by atoms with Gasteiger partial charge in [-0.2, -0.15) is 0 Å². The number of carbonyl (C=O) groups is 2. The van der Waals surface area contributed by atoms with Crippen LogP contribution >= 0.6 is 11.6 Å². The second-order valence-corrected chi connectivity index (χ2v) is 11.3. The molecular weight excluding hydrogens is 694 g/mol. The number of carbonyl (C=O) groups excluding carboxylic acids is 2. The number of benzene rings is 2. The molecule has 1 heterocycles. The van der Waals surface area contributed by atoms with Gasteiger partial charge in [0.15, 0.2) is 11.0 Å². The summed E-state index contributed by atoms with van der Waals surface area (Å²) in [6, 6.07) is 15.2. The third-order valence-electron chi connectivity index (χ3n) is 7.32. The maximum atomic E-state index is 13.3. The molecule has 3 aromatic rings. The van der Waals surface area contributed by atoms with Crippen LogP contribution in [0.5, 0.6) is 0 Å². The smallest absolute Gasteiger partial charge is 0.434 e. The lowest BCUT2D eigenvalue weighted by molar-refractivity contribution is -0.790. The Hall–Kier alpha value is -5.69. The summed E-state index contributed by atoms with van der Waals surface area (Å²) < 4.78 is 11.7. The number of unbranched alkanes of at least 4 members (excludes halogenated alkanes) is 2. The number of rotatable bonds is 22. The Morgan fingerprint density at radius 1 is 1.04 bits per heavy atom. The number of nitrogens with two attached hydrogens (primary N) is 2. The molecule has 0 radical (unpaired) electrons. The summed E-state index contributed by atoms with van der Waals surface area (Å²) in [6.45, 7) is 1.43. The van der Waals surface area contributed by atoms with Crippen molar-refractivity contribution in [3.05, 3.63) is 96.6 Å². The summed E-state index contributed by atoms with van der Waals surface area (Å²) in [4.78, 5) is 59.1. The Bertz CT molecular complexity index is 1650. The van der Waals surface area contributed by atoms with E-state index >= 15 is 0 Å². The van der Waals surface area contributed by atoms with Crippen molar-refractivity contribution in [3.8, 4) is 11.1 Å². The molecule has 276 valence electrons. The predicted octanol–water partition coefficient (Wildman–Crippen LogP) is 3.52. The van der Waals surface area contributed by atoms with Crippen molar-refractivity contribution in [1.29, 1.82) is 0 Å². The number of hydrazine groups is 1. The first-order valence-electron chi connectivity index (χ1n) is 15.9. The highest BCUT2D eigenvalue weighted by atomic mass is 35.5. The minimum atomic E-state index is -1.15. The highest BCUT2D eigenvalue weighted by Crippen LogP contribution is 2.26. The predicted molar refractivity (Wildman–Crippen MR) is 183 cm³/mol. The normalized spacial score (nSPS) is 11.7.